The number of hydrogen-bond donors (Lipinski definition) is 1. The van der Waals surface area contributed by atoms with E-state index >= 15 is 0 Å². The molecule has 0 aliphatic carbocycles. The molecular weight excluding hydrogens is 454 g/mol. The number of rotatable bonds is 3. The van der Waals surface area contributed by atoms with Gasteiger partial charge in [-0.2, -0.15) is 0 Å². The second-order valence-corrected chi connectivity index (χ2v) is 6.64. The largest absolute Gasteiger partial charge is 0.497 e. The van der Waals surface area contributed by atoms with Gasteiger partial charge in [0, 0.05) is 25.0 Å². The molecule has 0 saturated heterocycles. The third-order valence-corrected chi connectivity index (χ3v) is 4.15. The predicted octanol–water partition coefficient (Wildman–Crippen LogP) is 5.24. The topological polar surface area (TPSA) is 38.3 Å². The summed E-state index contributed by atoms with van der Waals surface area (Å²) in [6, 6.07) is 10.8. The van der Waals surface area contributed by atoms with Crippen molar-refractivity contribution in [2.45, 2.75) is 0 Å². The maximum atomic E-state index is 12.3. The van der Waals surface area contributed by atoms with Crippen molar-refractivity contribution in [3.8, 4) is 5.75 Å². The molecule has 104 valence electrons. The summed E-state index contributed by atoms with van der Waals surface area (Å²) in [5, 5.41) is 2.85. The van der Waals surface area contributed by atoms with Crippen LogP contribution in [0.15, 0.2) is 49.8 Å². The van der Waals surface area contributed by atoms with E-state index in [0.717, 1.165) is 13.4 Å². The average Bonchev–Trinajstić information content (AvgIpc) is 2.40. The number of amides is 1. The second kappa shape index (κ2) is 6.74. The molecule has 1 N–H and O–H groups in total. The molecular formula is C14H10Br3NO2. The van der Waals surface area contributed by atoms with Crippen molar-refractivity contribution >= 4 is 59.4 Å². The molecule has 3 nitrogen and oxygen atoms in total. The number of carbonyl (C=O) groups excluding carboxylic acids is 1. The number of benzene rings is 2. The van der Waals surface area contributed by atoms with E-state index in [0.29, 0.717) is 17.0 Å². The molecule has 0 aliphatic heterocycles. The van der Waals surface area contributed by atoms with Crippen molar-refractivity contribution in [1.29, 1.82) is 0 Å². The highest BCUT2D eigenvalue weighted by atomic mass is 79.9. The van der Waals surface area contributed by atoms with Gasteiger partial charge in [0.15, 0.2) is 0 Å². The van der Waals surface area contributed by atoms with Crippen molar-refractivity contribution in [3.05, 3.63) is 55.4 Å². The van der Waals surface area contributed by atoms with E-state index in [1.807, 2.05) is 18.2 Å². The lowest BCUT2D eigenvalue weighted by Crippen LogP contribution is -2.12. The molecule has 2 rings (SSSR count). The molecule has 0 aromatic heterocycles. The fourth-order valence-electron chi connectivity index (χ4n) is 1.61. The Balaban J connectivity index is 2.27. The summed E-state index contributed by atoms with van der Waals surface area (Å²) in [6.07, 6.45) is 0. The summed E-state index contributed by atoms with van der Waals surface area (Å²) in [4.78, 5) is 12.3. The van der Waals surface area contributed by atoms with Gasteiger partial charge in [0.1, 0.15) is 5.75 Å². The molecule has 0 bridgehead atoms. The van der Waals surface area contributed by atoms with Gasteiger partial charge in [-0.1, -0.05) is 31.9 Å². The molecule has 0 unspecified atom stereocenters. The summed E-state index contributed by atoms with van der Waals surface area (Å²) >= 11 is 10.1. The average molecular weight is 464 g/mol. The van der Waals surface area contributed by atoms with Crippen molar-refractivity contribution in [3.63, 3.8) is 0 Å². The van der Waals surface area contributed by atoms with Crippen LogP contribution in [-0.2, 0) is 0 Å². The SMILES string of the molecule is COc1ccc(Br)c(NC(=O)c2cc(Br)cc(Br)c2)c1. The van der Waals surface area contributed by atoms with E-state index in [9.17, 15) is 4.79 Å². The lowest BCUT2D eigenvalue weighted by atomic mass is 10.2. The van der Waals surface area contributed by atoms with Gasteiger partial charge in [-0.3, -0.25) is 4.79 Å². The number of nitrogens with one attached hydrogen (secondary N) is 1. The number of anilines is 1. The number of hydrogen-bond acceptors (Lipinski definition) is 2. The Labute approximate surface area is 142 Å². The van der Waals surface area contributed by atoms with E-state index in [1.54, 1.807) is 25.3 Å². The van der Waals surface area contributed by atoms with Gasteiger partial charge in [-0.25, -0.2) is 0 Å². The standard InChI is InChI=1S/C14H10Br3NO2/c1-20-11-2-3-12(17)13(7-11)18-14(19)8-4-9(15)6-10(16)5-8/h2-7H,1H3,(H,18,19). The van der Waals surface area contributed by atoms with Crippen LogP contribution in [0, 0.1) is 0 Å². The Morgan fingerprint density at radius 3 is 2.30 bits per heavy atom. The van der Waals surface area contributed by atoms with Gasteiger partial charge in [0.25, 0.3) is 5.91 Å². The van der Waals surface area contributed by atoms with Crippen molar-refractivity contribution in [2.24, 2.45) is 0 Å². The molecule has 0 radical (unpaired) electrons. The van der Waals surface area contributed by atoms with Crippen molar-refractivity contribution < 1.29 is 9.53 Å². The first-order valence-corrected chi connectivity index (χ1v) is 7.98. The summed E-state index contributed by atoms with van der Waals surface area (Å²) in [5.41, 5.74) is 1.21. The van der Waals surface area contributed by atoms with E-state index < -0.39 is 0 Å². The highest BCUT2D eigenvalue weighted by molar-refractivity contribution is 9.11. The molecule has 0 heterocycles. The summed E-state index contributed by atoms with van der Waals surface area (Å²) in [6.45, 7) is 0. The van der Waals surface area contributed by atoms with Gasteiger partial charge in [0.2, 0.25) is 0 Å². The van der Waals surface area contributed by atoms with Crippen LogP contribution < -0.4 is 10.1 Å². The minimum absolute atomic E-state index is 0.194. The normalized spacial score (nSPS) is 10.2. The molecule has 6 heteroatoms. The van der Waals surface area contributed by atoms with Gasteiger partial charge in [-0.05, 0) is 46.3 Å². The minimum atomic E-state index is -0.194. The summed E-state index contributed by atoms with van der Waals surface area (Å²) < 4.78 is 7.61. The molecule has 1 amide bonds. The minimum Gasteiger partial charge on any atom is -0.497 e. The number of halogens is 3. The van der Waals surface area contributed by atoms with Crippen LogP contribution in [0.4, 0.5) is 5.69 Å². The molecule has 0 saturated carbocycles. The Morgan fingerprint density at radius 2 is 1.70 bits per heavy atom. The zero-order chi connectivity index (χ0) is 14.7. The monoisotopic (exact) mass is 461 g/mol. The molecule has 20 heavy (non-hydrogen) atoms. The molecule has 0 fully saturated rings. The second-order valence-electron chi connectivity index (χ2n) is 3.96. The molecule has 0 atom stereocenters. The van der Waals surface area contributed by atoms with Crippen LogP contribution in [-0.4, -0.2) is 13.0 Å². The van der Waals surface area contributed by atoms with E-state index in [4.69, 9.17) is 4.74 Å². The fourth-order valence-corrected chi connectivity index (χ4v) is 3.25. The van der Waals surface area contributed by atoms with Gasteiger partial charge in [0.05, 0.1) is 12.8 Å². The van der Waals surface area contributed by atoms with Crippen LogP contribution in [0.25, 0.3) is 0 Å². The lowest BCUT2D eigenvalue weighted by molar-refractivity contribution is 0.102. The Bertz CT molecular complexity index is 639. The lowest BCUT2D eigenvalue weighted by Gasteiger charge is -2.10. The molecule has 2 aromatic rings. The van der Waals surface area contributed by atoms with Crippen LogP contribution in [0.1, 0.15) is 10.4 Å². The highest BCUT2D eigenvalue weighted by Gasteiger charge is 2.10. The maximum Gasteiger partial charge on any atom is 0.255 e. The number of methoxy groups -OCH3 is 1. The van der Waals surface area contributed by atoms with E-state index in [1.165, 1.54) is 0 Å². The Hall–Kier alpha value is -0.850. The predicted molar refractivity (Wildman–Crippen MR) is 90.5 cm³/mol. The molecule has 0 spiro atoms. The fraction of sp³-hybridized carbons (Fsp3) is 0.0714. The summed E-state index contributed by atoms with van der Waals surface area (Å²) in [7, 11) is 1.58. The van der Waals surface area contributed by atoms with Crippen LogP contribution in [0.2, 0.25) is 0 Å². The van der Waals surface area contributed by atoms with Crippen LogP contribution >= 0.6 is 47.8 Å². The Kier molecular flexibility index (Phi) is 5.23. The van der Waals surface area contributed by atoms with Crippen molar-refractivity contribution in [1.82, 2.24) is 0 Å². The van der Waals surface area contributed by atoms with Gasteiger partial charge < -0.3 is 10.1 Å². The maximum absolute atomic E-state index is 12.3. The molecule has 0 aliphatic rings. The van der Waals surface area contributed by atoms with Gasteiger partial charge >= 0.3 is 0 Å². The zero-order valence-corrected chi connectivity index (χ0v) is 15.2. The highest BCUT2D eigenvalue weighted by Crippen LogP contribution is 2.28. The smallest absolute Gasteiger partial charge is 0.255 e. The zero-order valence-electron chi connectivity index (χ0n) is 10.4. The van der Waals surface area contributed by atoms with E-state index in [-0.39, 0.29) is 5.91 Å². The first-order valence-electron chi connectivity index (χ1n) is 5.60. The van der Waals surface area contributed by atoms with Crippen LogP contribution in [0.3, 0.4) is 0 Å². The summed E-state index contributed by atoms with van der Waals surface area (Å²) in [5.74, 6) is 0.486. The quantitative estimate of drug-likeness (QED) is 0.676. The first kappa shape index (κ1) is 15.5. The van der Waals surface area contributed by atoms with Crippen LogP contribution in [0.5, 0.6) is 5.75 Å². The van der Waals surface area contributed by atoms with E-state index in [2.05, 4.69) is 53.1 Å². The number of carbonyl (C=O) groups is 1. The van der Waals surface area contributed by atoms with Gasteiger partial charge in [-0.15, -0.1) is 0 Å². The molecule has 2 aromatic carbocycles. The Morgan fingerprint density at radius 1 is 1.05 bits per heavy atom. The third kappa shape index (κ3) is 3.84. The number of ether oxygens (including phenoxy) is 1. The first-order chi connectivity index (χ1) is 9.49. The van der Waals surface area contributed by atoms with Crippen molar-refractivity contribution in [2.75, 3.05) is 12.4 Å². The third-order valence-electron chi connectivity index (χ3n) is 2.55.